The van der Waals surface area contributed by atoms with E-state index in [-0.39, 0.29) is 31.1 Å². The van der Waals surface area contributed by atoms with Crippen LogP contribution in [0.1, 0.15) is 239 Å². The molecule has 55 heavy (non-hydrogen) atoms. The van der Waals surface area contributed by atoms with Gasteiger partial charge in [0.1, 0.15) is 13.2 Å². The lowest BCUT2D eigenvalue weighted by atomic mass is 10.1. The fraction of sp³-hybridized carbons (Fsp3) is 0.816. The molecule has 320 valence electrons. The molecule has 0 aliphatic heterocycles. The van der Waals surface area contributed by atoms with Crippen molar-refractivity contribution in [2.75, 3.05) is 13.2 Å². The van der Waals surface area contributed by atoms with Gasteiger partial charge in [0.2, 0.25) is 0 Å². The van der Waals surface area contributed by atoms with Crippen LogP contribution in [0.5, 0.6) is 0 Å². The van der Waals surface area contributed by atoms with Crippen LogP contribution in [0.4, 0.5) is 0 Å². The molecule has 0 aromatic carbocycles. The van der Waals surface area contributed by atoms with E-state index in [1.54, 1.807) is 0 Å². The molecule has 0 N–H and O–H groups in total. The molecule has 0 radical (unpaired) electrons. The molecule has 0 saturated heterocycles. The number of unbranched alkanes of at least 4 members (excludes halogenated alkanes) is 25. The van der Waals surface area contributed by atoms with E-state index in [1.165, 1.54) is 135 Å². The first-order valence-electron chi connectivity index (χ1n) is 23.5. The molecular weight excluding hydrogens is 685 g/mol. The lowest BCUT2D eigenvalue weighted by Gasteiger charge is -2.18. The summed E-state index contributed by atoms with van der Waals surface area (Å²) in [6, 6.07) is 0. The van der Waals surface area contributed by atoms with Crippen LogP contribution in [0.2, 0.25) is 0 Å². The van der Waals surface area contributed by atoms with Crippen molar-refractivity contribution in [3.63, 3.8) is 0 Å². The maximum atomic E-state index is 12.7. The van der Waals surface area contributed by atoms with Crippen LogP contribution in [0.3, 0.4) is 0 Å². The number of rotatable bonds is 42. The fourth-order valence-corrected chi connectivity index (χ4v) is 6.58. The number of hydrogen-bond acceptors (Lipinski definition) is 6. The fourth-order valence-electron chi connectivity index (χ4n) is 6.58. The summed E-state index contributed by atoms with van der Waals surface area (Å²) >= 11 is 0. The largest absolute Gasteiger partial charge is 0.462 e. The van der Waals surface area contributed by atoms with Gasteiger partial charge in [0.15, 0.2) is 6.10 Å². The highest BCUT2D eigenvalue weighted by molar-refractivity contribution is 5.71. The number of allylic oxidation sites excluding steroid dienone is 6. The summed E-state index contributed by atoms with van der Waals surface area (Å²) in [6.45, 7) is 6.56. The zero-order valence-electron chi connectivity index (χ0n) is 36.4. The second-order valence-corrected chi connectivity index (χ2v) is 15.7. The van der Waals surface area contributed by atoms with Gasteiger partial charge in [-0.05, 0) is 51.4 Å². The first-order valence-corrected chi connectivity index (χ1v) is 23.5. The summed E-state index contributed by atoms with van der Waals surface area (Å²) < 4.78 is 16.6. The highest BCUT2D eigenvalue weighted by atomic mass is 16.6. The van der Waals surface area contributed by atoms with Gasteiger partial charge in [0.05, 0.1) is 0 Å². The van der Waals surface area contributed by atoms with Gasteiger partial charge >= 0.3 is 17.9 Å². The lowest BCUT2D eigenvalue weighted by molar-refractivity contribution is -0.167. The van der Waals surface area contributed by atoms with Crippen LogP contribution < -0.4 is 0 Å². The zero-order chi connectivity index (χ0) is 40.1. The first-order chi connectivity index (χ1) is 27.0. The van der Waals surface area contributed by atoms with Crippen molar-refractivity contribution in [2.24, 2.45) is 0 Å². The molecule has 0 rings (SSSR count). The molecule has 0 saturated carbocycles. The Morgan fingerprint density at radius 2 is 0.673 bits per heavy atom. The summed E-state index contributed by atoms with van der Waals surface area (Å²) in [5.74, 6) is -0.939. The molecule has 0 aliphatic rings. The van der Waals surface area contributed by atoms with E-state index in [4.69, 9.17) is 14.2 Å². The molecule has 1 atom stereocenters. The van der Waals surface area contributed by atoms with Crippen LogP contribution in [0, 0.1) is 0 Å². The molecule has 6 heteroatoms. The van der Waals surface area contributed by atoms with E-state index in [0.717, 1.165) is 57.8 Å². The highest BCUT2D eigenvalue weighted by Gasteiger charge is 2.19. The Labute approximate surface area is 340 Å². The van der Waals surface area contributed by atoms with Crippen molar-refractivity contribution < 1.29 is 28.6 Å². The Kier molecular flexibility index (Phi) is 42.4. The predicted molar refractivity (Wildman–Crippen MR) is 233 cm³/mol. The maximum absolute atomic E-state index is 12.7. The molecule has 0 amide bonds. The Balaban J connectivity index is 4.39. The topological polar surface area (TPSA) is 78.9 Å². The summed E-state index contributed by atoms with van der Waals surface area (Å²) in [6.07, 6.45) is 49.9. The van der Waals surface area contributed by atoms with Crippen molar-refractivity contribution in [1.82, 2.24) is 0 Å². The molecule has 0 aromatic heterocycles. The Morgan fingerprint density at radius 1 is 0.364 bits per heavy atom. The minimum absolute atomic E-state index is 0.0846. The van der Waals surface area contributed by atoms with Crippen molar-refractivity contribution in [2.45, 2.75) is 245 Å². The van der Waals surface area contributed by atoms with E-state index in [9.17, 15) is 14.4 Å². The smallest absolute Gasteiger partial charge is 0.306 e. The summed E-state index contributed by atoms with van der Waals surface area (Å²) in [5, 5.41) is 0. The molecule has 6 nitrogen and oxygen atoms in total. The van der Waals surface area contributed by atoms with Crippen LogP contribution in [-0.4, -0.2) is 37.2 Å². The van der Waals surface area contributed by atoms with Gasteiger partial charge in [-0.15, -0.1) is 0 Å². The van der Waals surface area contributed by atoms with Crippen molar-refractivity contribution >= 4 is 17.9 Å². The van der Waals surface area contributed by atoms with Gasteiger partial charge in [-0.2, -0.15) is 0 Å². The Morgan fingerprint density at radius 3 is 1.09 bits per heavy atom. The number of hydrogen-bond donors (Lipinski definition) is 0. The average Bonchev–Trinajstić information content (AvgIpc) is 3.18. The third kappa shape index (κ3) is 42.6. The maximum Gasteiger partial charge on any atom is 0.306 e. The average molecular weight is 773 g/mol. The SMILES string of the molecule is CCCCCCCC/C=C\C/C=C\C/C=C\CCCC(=O)OCC(COC(=O)CCCCCCCCCCC)OC(=O)CCCCCCCCCCCCC. The van der Waals surface area contributed by atoms with Crippen LogP contribution >= 0.6 is 0 Å². The zero-order valence-corrected chi connectivity index (χ0v) is 36.4. The number of carbonyl (C=O) groups excluding carboxylic acids is 3. The van der Waals surface area contributed by atoms with Gasteiger partial charge in [0.25, 0.3) is 0 Å². The van der Waals surface area contributed by atoms with E-state index in [2.05, 4.69) is 57.2 Å². The van der Waals surface area contributed by atoms with E-state index < -0.39 is 6.10 Å². The molecular formula is C49H88O6. The molecule has 0 fully saturated rings. The molecule has 0 heterocycles. The highest BCUT2D eigenvalue weighted by Crippen LogP contribution is 2.14. The third-order valence-electron chi connectivity index (χ3n) is 10.1. The Hall–Kier alpha value is -2.37. The van der Waals surface area contributed by atoms with Crippen LogP contribution in [-0.2, 0) is 28.6 Å². The molecule has 0 aliphatic carbocycles. The van der Waals surface area contributed by atoms with Crippen LogP contribution in [0.15, 0.2) is 36.5 Å². The van der Waals surface area contributed by atoms with Gasteiger partial charge in [-0.25, -0.2) is 0 Å². The molecule has 0 bridgehead atoms. The second-order valence-electron chi connectivity index (χ2n) is 15.7. The van der Waals surface area contributed by atoms with E-state index >= 15 is 0 Å². The van der Waals surface area contributed by atoms with Crippen molar-refractivity contribution in [1.29, 1.82) is 0 Å². The number of esters is 3. The number of carbonyl (C=O) groups is 3. The molecule has 1 unspecified atom stereocenters. The van der Waals surface area contributed by atoms with Gasteiger partial charge < -0.3 is 14.2 Å². The standard InChI is InChI=1S/C49H88O6/c1-4-7-10-13-16-19-21-22-23-24-25-26-28-30-33-36-39-42-48(51)54-45-46(44-53-47(50)41-38-35-32-29-18-15-12-9-6-3)55-49(52)43-40-37-34-31-27-20-17-14-11-8-5-2/h22-23,25-26,30,33,46H,4-21,24,27-29,31-32,34-45H2,1-3H3/b23-22-,26-25-,33-30-. The lowest BCUT2D eigenvalue weighted by Crippen LogP contribution is -2.30. The van der Waals surface area contributed by atoms with Crippen molar-refractivity contribution in [3.05, 3.63) is 36.5 Å². The monoisotopic (exact) mass is 773 g/mol. The second kappa shape index (κ2) is 44.3. The summed E-state index contributed by atoms with van der Waals surface area (Å²) in [7, 11) is 0. The predicted octanol–water partition coefficient (Wildman–Crippen LogP) is 15.0. The van der Waals surface area contributed by atoms with E-state index in [1.807, 2.05) is 0 Å². The van der Waals surface area contributed by atoms with Gasteiger partial charge in [-0.1, -0.05) is 205 Å². The quantitative estimate of drug-likeness (QED) is 0.0266. The molecule has 0 spiro atoms. The minimum atomic E-state index is -0.784. The molecule has 0 aromatic rings. The van der Waals surface area contributed by atoms with Crippen molar-refractivity contribution in [3.8, 4) is 0 Å². The summed E-state index contributed by atoms with van der Waals surface area (Å²) in [5.41, 5.74) is 0. The van der Waals surface area contributed by atoms with Gasteiger partial charge in [-0.3, -0.25) is 14.4 Å². The van der Waals surface area contributed by atoms with Crippen LogP contribution in [0.25, 0.3) is 0 Å². The van der Waals surface area contributed by atoms with E-state index in [0.29, 0.717) is 25.7 Å². The van der Waals surface area contributed by atoms with Gasteiger partial charge in [0, 0.05) is 19.3 Å². The minimum Gasteiger partial charge on any atom is -0.462 e. The first kappa shape index (κ1) is 52.6. The third-order valence-corrected chi connectivity index (χ3v) is 10.1. The summed E-state index contributed by atoms with van der Waals surface area (Å²) in [4.78, 5) is 37.7. The Bertz CT molecular complexity index is 938. The normalized spacial score (nSPS) is 12.3. The number of ether oxygens (including phenoxy) is 3.